The normalized spacial score (nSPS) is 18.2. The van der Waals surface area contributed by atoms with E-state index < -0.39 is 21.3 Å². The predicted octanol–water partition coefficient (Wildman–Crippen LogP) is 14.3. The third kappa shape index (κ3) is 12.0. The van der Waals surface area contributed by atoms with Crippen molar-refractivity contribution in [3.63, 3.8) is 0 Å². The average molecular weight is 873 g/mol. The van der Waals surface area contributed by atoms with Gasteiger partial charge in [0.2, 0.25) is 0 Å². The molecule has 0 radical (unpaired) electrons. The van der Waals surface area contributed by atoms with Crippen molar-refractivity contribution in [2.45, 2.75) is 226 Å². The summed E-state index contributed by atoms with van der Waals surface area (Å²) >= 11 is 0. The molecule has 2 fully saturated rings. The minimum absolute atomic E-state index is 0.0248. The van der Waals surface area contributed by atoms with Gasteiger partial charge in [-0.3, -0.25) is 4.79 Å². The van der Waals surface area contributed by atoms with Crippen molar-refractivity contribution in [3.8, 4) is 0 Å². The van der Waals surface area contributed by atoms with Crippen molar-refractivity contribution in [3.05, 3.63) is 86.5 Å². The minimum Gasteiger partial charge on any atom is -0.748 e. The van der Waals surface area contributed by atoms with Gasteiger partial charge < -0.3 is 4.55 Å². The van der Waals surface area contributed by atoms with Crippen molar-refractivity contribution in [1.82, 2.24) is 0 Å². The molecule has 0 aliphatic heterocycles. The summed E-state index contributed by atoms with van der Waals surface area (Å²) in [5.74, 6) is -0.280. The van der Waals surface area contributed by atoms with Crippen molar-refractivity contribution in [1.29, 1.82) is 0 Å². The highest BCUT2D eigenvalue weighted by atomic mass is 32.2. The van der Waals surface area contributed by atoms with Gasteiger partial charge in [0.25, 0.3) is 0 Å². The van der Waals surface area contributed by atoms with Gasteiger partial charge >= 0.3 is 0 Å². The fourth-order valence-corrected chi connectivity index (χ4v) is 15.4. The second-order valence-corrected chi connectivity index (χ2v) is 22.4. The molecule has 2 aliphatic carbocycles. The summed E-state index contributed by atoms with van der Waals surface area (Å²) in [4.78, 5) is 17.0. The van der Waals surface area contributed by atoms with Gasteiger partial charge in [-0.1, -0.05) is 170 Å². The first-order valence-corrected chi connectivity index (χ1v) is 27.6. The summed E-state index contributed by atoms with van der Waals surface area (Å²) in [7, 11) is -4.46. The van der Waals surface area contributed by atoms with Crippen LogP contribution >= 0.6 is 0 Å². The number of hydrogen-bond acceptors (Lipinski definition) is 4. The number of fused-ring (bicyclic) bond motifs is 2. The van der Waals surface area contributed by atoms with Crippen molar-refractivity contribution in [2.24, 2.45) is 16.7 Å². The maximum Gasteiger partial charge on any atom is 0.172 e. The molecule has 2 aliphatic rings. The quantitative estimate of drug-likeness (QED) is 0.0703. The van der Waals surface area contributed by atoms with Gasteiger partial charge in [-0.05, 0) is 98.7 Å². The van der Waals surface area contributed by atoms with Gasteiger partial charge in [0.1, 0.15) is 16.7 Å². The first kappa shape index (κ1) is 51.2. The lowest BCUT2D eigenvalue weighted by Crippen LogP contribution is -2.42. The molecule has 0 N–H and O–H groups in total. The van der Waals surface area contributed by atoms with E-state index in [4.69, 9.17) is 0 Å². The van der Waals surface area contributed by atoms with Crippen LogP contribution < -0.4 is 0 Å². The highest BCUT2D eigenvalue weighted by Crippen LogP contribution is 2.64. The fraction of sp³-hybridized carbons (Fsp3) is 0.655. The van der Waals surface area contributed by atoms with Gasteiger partial charge in [-0.2, -0.15) is 0 Å². The van der Waals surface area contributed by atoms with Crippen LogP contribution in [0.25, 0.3) is 0 Å². The van der Waals surface area contributed by atoms with Crippen molar-refractivity contribution in [2.75, 3.05) is 5.75 Å². The lowest BCUT2D eigenvalue weighted by molar-refractivity contribution is -0.128. The van der Waals surface area contributed by atoms with Crippen LogP contribution in [-0.2, 0) is 83.6 Å². The predicted molar refractivity (Wildman–Crippen MR) is 261 cm³/mol. The van der Waals surface area contributed by atoms with Gasteiger partial charge in [-0.25, -0.2) is 8.42 Å². The van der Waals surface area contributed by atoms with Crippen LogP contribution in [0.15, 0.2) is 51.1 Å². The molecular weight excluding hydrogens is 789 g/mol. The molecule has 0 saturated heterocycles. The lowest BCUT2D eigenvalue weighted by Gasteiger charge is -2.37. The molecule has 2 saturated carbocycles. The summed E-state index contributed by atoms with van der Waals surface area (Å²) in [5, 5.41) is 0. The first-order valence-electron chi connectivity index (χ1n) is 24.8. The maximum absolute atomic E-state index is 11.8. The Kier molecular flexibility index (Phi) is 19.7. The molecule has 4 nitrogen and oxygen atoms in total. The molecule has 61 heavy (non-hydrogen) atoms. The second kappa shape index (κ2) is 23.5. The highest BCUT2D eigenvalue weighted by molar-refractivity contribution is 7.97. The van der Waals surface area contributed by atoms with E-state index >= 15 is 0 Å². The Morgan fingerprint density at radius 1 is 0.525 bits per heavy atom. The third-order valence-electron chi connectivity index (χ3n) is 13.8. The molecule has 2 bridgehead atoms. The Balaban J connectivity index is 0.000000454. The molecule has 0 amide bonds. The Morgan fingerprint density at radius 2 is 0.803 bits per heavy atom. The number of Topliss-reactive ketones (excluding diaryl/α,β-unsaturated/α-hetero) is 1. The number of hydrogen-bond donors (Lipinski definition) is 0. The van der Waals surface area contributed by atoms with Crippen molar-refractivity contribution < 1.29 is 17.8 Å². The summed E-state index contributed by atoms with van der Waals surface area (Å²) in [6, 6.07) is 15.9. The largest absolute Gasteiger partial charge is 0.748 e. The number of carbonyl (C=O) groups is 1. The number of carbonyl (C=O) groups excluding carboxylic acids is 1. The summed E-state index contributed by atoms with van der Waals surface area (Å²) in [6.07, 6.45) is 23.3. The summed E-state index contributed by atoms with van der Waals surface area (Å²) in [6.45, 7) is 25.2. The molecule has 2 atom stereocenters. The van der Waals surface area contributed by atoms with E-state index in [-0.39, 0.29) is 28.0 Å². The van der Waals surface area contributed by atoms with Gasteiger partial charge in [0.15, 0.2) is 14.7 Å². The van der Waals surface area contributed by atoms with Crippen molar-refractivity contribution >= 4 is 26.8 Å². The van der Waals surface area contributed by atoms with E-state index in [1.807, 2.05) is 13.8 Å². The van der Waals surface area contributed by atoms with E-state index in [0.717, 1.165) is 6.42 Å². The SMILES string of the molecule is CC1(C)C2CCC1(CS(=O)(=O)[O-])C(=O)C2.CCCc1cc(CCC)c([S+](c2c(CCC)cc(CCC)cc2CCC)c2c(CCC)cc(CCC)cc2CCC)c(CCC)c1. The van der Waals surface area contributed by atoms with Crippen LogP contribution in [0, 0.1) is 16.7 Å². The number of benzene rings is 3. The Hall–Kier alpha value is -2.41. The molecule has 0 heterocycles. The highest BCUT2D eigenvalue weighted by Gasteiger charge is 2.64. The summed E-state index contributed by atoms with van der Waals surface area (Å²) < 4.78 is 32.7. The zero-order chi connectivity index (χ0) is 45.0. The Morgan fingerprint density at radius 3 is 1.00 bits per heavy atom. The molecule has 0 aromatic heterocycles. The molecular formula is C55H84O4S2. The smallest absolute Gasteiger partial charge is 0.172 e. The number of rotatable bonds is 23. The molecule has 5 rings (SSSR count). The monoisotopic (exact) mass is 873 g/mol. The summed E-state index contributed by atoms with van der Waals surface area (Å²) in [5.41, 5.74) is 13.3. The topological polar surface area (TPSA) is 74.3 Å². The Labute approximate surface area is 377 Å². The maximum atomic E-state index is 11.8. The van der Waals surface area contributed by atoms with Crippen LogP contribution in [0.1, 0.15) is 203 Å². The van der Waals surface area contributed by atoms with Crippen LogP contribution in [0.2, 0.25) is 0 Å². The molecule has 3 aromatic rings. The zero-order valence-electron chi connectivity index (χ0n) is 40.5. The standard InChI is InChI=1S/C45H69S.C10H16O4S/c1-10-19-34-28-37(22-13-4)43(38(29-34)23-14-5)46(44-39(24-15-6)30-35(20-11-2)31-40(44)25-16-7)45-41(26-17-8)32-36(21-12-3)33-42(45)27-18-9;1-9(2)7-3-4-10(9,8(11)5-7)6-15(12,13)14/h28-33H,10-27H2,1-9H3;7H,3-6H2,1-2H3,(H,12,13,14)/q+1;/p-1. The lowest BCUT2D eigenvalue weighted by atomic mass is 9.70. The molecule has 3 aromatic carbocycles. The van der Waals surface area contributed by atoms with Crippen LogP contribution in [0.3, 0.4) is 0 Å². The van der Waals surface area contributed by atoms with Crippen LogP contribution in [0.5, 0.6) is 0 Å². The van der Waals surface area contributed by atoms with Gasteiger partial charge in [0, 0.05) is 45.2 Å². The van der Waals surface area contributed by atoms with E-state index in [9.17, 15) is 17.8 Å². The zero-order valence-corrected chi connectivity index (χ0v) is 42.2. The fourth-order valence-electron chi connectivity index (χ4n) is 11.0. The molecule has 340 valence electrons. The Bertz CT molecular complexity index is 1760. The van der Waals surface area contributed by atoms with Gasteiger partial charge in [-0.15, -0.1) is 0 Å². The first-order chi connectivity index (χ1) is 29.1. The minimum atomic E-state index is -4.33. The second-order valence-electron chi connectivity index (χ2n) is 19.2. The molecule has 0 spiro atoms. The van der Waals surface area contributed by atoms with E-state index in [0.29, 0.717) is 12.8 Å². The molecule has 2 unspecified atom stereocenters. The third-order valence-corrected chi connectivity index (χ3v) is 17.5. The van der Waals surface area contributed by atoms with E-state index in [2.05, 4.69) is 98.7 Å². The van der Waals surface area contributed by atoms with Crippen LogP contribution in [-0.4, -0.2) is 24.5 Å². The number of ketones is 1. The number of aryl methyl sites for hydroxylation is 9. The van der Waals surface area contributed by atoms with Gasteiger partial charge in [0.05, 0.1) is 15.9 Å². The average Bonchev–Trinajstić information content (AvgIpc) is 3.52. The van der Waals surface area contributed by atoms with E-state index in [1.54, 1.807) is 64.8 Å². The van der Waals surface area contributed by atoms with E-state index in [1.165, 1.54) is 116 Å². The molecule has 6 heteroatoms. The van der Waals surface area contributed by atoms with Crippen LogP contribution in [0.4, 0.5) is 0 Å².